The topological polar surface area (TPSA) is 61.4 Å². The van der Waals surface area contributed by atoms with Crippen LogP contribution in [0.15, 0.2) is 24.3 Å². The van der Waals surface area contributed by atoms with Crippen molar-refractivity contribution in [3.8, 4) is 0 Å². The number of amides is 2. The van der Waals surface area contributed by atoms with Gasteiger partial charge in [0.05, 0.1) is 0 Å². The van der Waals surface area contributed by atoms with Crippen LogP contribution < -0.4 is 10.6 Å². The van der Waals surface area contributed by atoms with Crippen molar-refractivity contribution in [2.24, 2.45) is 0 Å². The van der Waals surface area contributed by atoms with Crippen molar-refractivity contribution < 1.29 is 9.59 Å². The molecule has 1 aromatic rings. The Hall–Kier alpha value is -1.53. The Morgan fingerprint density at radius 1 is 1.10 bits per heavy atom. The predicted octanol–water partition coefficient (Wildman–Crippen LogP) is 3.58. The first-order valence-corrected chi connectivity index (χ1v) is 12.4. The van der Waals surface area contributed by atoms with E-state index in [9.17, 15) is 9.59 Å². The fraction of sp³-hybridized carbons (Fsp3) is 0.667. The fourth-order valence-electron chi connectivity index (χ4n) is 4.55. The summed E-state index contributed by atoms with van der Waals surface area (Å²) in [6.07, 6.45) is 4.77. The molecule has 0 aromatic heterocycles. The lowest BCUT2D eigenvalue weighted by Crippen LogP contribution is -2.58. The number of nitrogens with one attached hydrogen (secondary N) is 2. The third kappa shape index (κ3) is 5.58. The summed E-state index contributed by atoms with van der Waals surface area (Å²) in [5.74, 6) is 2.04. The highest BCUT2D eigenvalue weighted by Gasteiger charge is 2.40. The second-order valence-corrected chi connectivity index (χ2v) is 11.0. The van der Waals surface area contributed by atoms with Gasteiger partial charge in [-0.05, 0) is 42.9 Å². The van der Waals surface area contributed by atoms with E-state index >= 15 is 0 Å². The lowest BCUT2D eigenvalue weighted by atomic mass is 9.86. The number of nitrogens with zero attached hydrogens (tertiary/aromatic N) is 1. The number of thioether (sulfide) groups is 1. The van der Waals surface area contributed by atoms with E-state index < -0.39 is 6.04 Å². The predicted molar refractivity (Wildman–Crippen MR) is 125 cm³/mol. The van der Waals surface area contributed by atoms with E-state index in [1.165, 1.54) is 29.9 Å². The van der Waals surface area contributed by atoms with Gasteiger partial charge in [-0.3, -0.25) is 14.5 Å². The van der Waals surface area contributed by atoms with Crippen molar-refractivity contribution in [3.05, 3.63) is 35.4 Å². The normalized spacial score (nSPS) is 20.5. The Balaban J connectivity index is 1.54. The summed E-state index contributed by atoms with van der Waals surface area (Å²) >= 11 is 2.02. The molecule has 6 heteroatoms. The van der Waals surface area contributed by atoms with Gasteiger partial charge in [-0.15, -0.1) is 0 Å². The highest BCUT2D eigenvalue weighted by molar-refractivity contribution is 7.99. The minimum atomic E-state index is -0.560. The van der Waals surface area contributed by atoms with E-state index in [1.807, 2.05) is 36.0 Å². The van der Waals surface area contributed by atoms with Gasteiger partial charge in [0.15, 0.2) is 0 Å². The van der Waals surface area contributed by atoms with Gasteiger partial charge in [0, 0.05) is 42.2 Å². The smallest absolute Gasteiger partial charge is 0.251 e. The van der Waals surface area contributed by atoms with Crippen molar-refractivity contribution in [2.45, 2.75) is 70.4 Å². The molecule has 0 spiro atoms. The Morgan fingerprint density at radius 3 is 2.27 bits per heavy atom. The molecule has 0 bridgehead atoms. The number of benzene rings is 1. The summed E-state index contributed by atoms with van der Waals surface area (Å²) in [6, 6.07) is 7.08. The van der Waals surface area contributed by atoms with Gasteiger partial charge in [-0.1, -0.05) is 45.7 Å². The molecule has 2 amide bonds. The first-order valence-electron chi connectivity index (χ1n) is 11.2. The van der Waals surface area contributed by atoms with Gasteiger partial charge in [-0.25, -0.2) is 0 Å². The molecule has 5 nitrogen and oxygen atoms in total. The zero-order valence-electron chi connectivity index (χ0n) is 18.9. The molecule has 3 rings (SSSR count). The summed E-state index contributed by atoms with van der Waals surface area (Å²) in [4.78, 5) is 27.9. The SMILES string of the molecule is CC(NC(=O)c1ccc(C(C)(C)C)cc1)C(=O)NCC1(N2CCSCC2)CCCC1. The maximum absolute atomic E-state index is 12.7. The van der Waals surface area contributed by atoms with E-state index in [4.69, 9.17) is 0 Å². The quantitative estimate of drug-likeness (QED) is 0.723. The monoisotopic (exact) mass is 431 g/mol. The lowest BCUT2D eigenvalue weighted by Gasteiger charge is -2.43. The standard InChI is InChI=1S/C24H37N3O2S/c1-18(26-22(29)19-7-9-20(10-8-19)23(2,3)4)21(28)25-17-24(11-5-6-12-24)27-13-15-30-16-14-27/h7-10,18H,5-6,11-17H2,1-4H3,(H,25,28)(H,26,29). The Kier molecular flexibility index (Phi) is 7.51. The van der Waals surface area contributed by atoms with Crippen LogP contribution in [0.25, 0.3) is 0 Å². The van der Waals surface area contributed by atoms with Gasteiger partial charge in [0.2, 0.25) is 5.91 Å². The summed E-state index contributed by atoms with van der Waals surface area (Å²) in [6.45, 7) is 11.1. The molecular weight excluding hydrogens is 394 g/mol. The van der Waals surface area contributed by atoms with E-state index in [0.29, 0.717) is 12.1 Å². The molecule has 30 heavy (non-hydrogen) atoms. The summed E-state index contributed by atoms with van der Waals surface area (Å²) < 4.78 is 0. The molecule has 1 unspecified atom stereocenters. The van der Waals surface area contributed by atoms with Gasteiger partial charge >= 0.3 is 0 Å². The van der Waals surface area contributed by atoms with Crippen LogP contribution >= 0.6 is 11.8 Å². The van der Waals surface area contributed by atoms with Crippen LogP contribution in [-0.4, -0.2) is 59.4 Å². The van der Waals surface area contributed by atoms with Crippen LogP contribution in [0.5, 0.6) is 0 Å². The molecule has 1 saturated carbocycles. The van der Waals surface area contributed by atoms with Crippen LogP contribution in [0.4, 0.5) is 0 Å². The number of hydrogen-bond acceptors (Lipinski definition) is 4. The van der Waals surface area contributed by atoms with Crippen molar-refractivity contribution in [2.75, 3.05) is 31.1 Å². The first-order chi connectivity index (χ1) is 14.2. The lowest BCUT2D eigenvalue weighted by molar-refractivity contribution is -0.123. The van der Waals surface area contributed by atoms with Crippen LogP contribution in [0.2, 0.25) is 0 Å². The molecule has 2 N–H and O–H groups in total. The maximum atomic E-state index is 12.7. The van der Waals surface area contributed by atoms with E-state index in [1.54, 1.807) is 6.92 Å². The number of carbonyl (C=O) groups is 2. The van der Waals surface area contributed by atoms with Gasteiger partial charge in [0.1, 0.15) is 6.04 Å². The minimum absolute atomic E-state index is 0.0470. The second-order valence-electron chi connectivity index (χ2n) is 9.77. The minimum Gasteiger partial charge on any atom is -0.352 e. The summed E-state index contributed by atoms with van der Waals surface area (Å²) in [7, 11) is 0. The number of hydrogen-bond donors (Lipinski definition) is 2. The van der Waals surface area contributed by atoms with E-state index in [-0.39, 0.29) is 22.8 Å². The Bertz CT molecular complexity index is 730. The van der Waals surface area contributed by atoms with Crippen LogP contribution in [0, 0.1) is 0 Å². The molecule has 1 saturated heterocycles. The molecule has 2 aliphatic rings. The Morgan fingerprint density at radius 2 is 1.70 bits per heavy atom. The zero-order valence-corrected chi connectivity index (χ0v) is 19.7. The van der Waals surface area contributed by atoms with Crippen molar-refractivity contribution >= 4 is 23.6 Å². The molecular formula is C24H37N3O2S. The van der Waals surface area contributed by atoms with Gasteiger partial charge < -0.3 is 10.6 Å². The Labute approximate surface area is 185 Å². The highest BCUT2D eigenvalue weighted by atomic mass is 32.2. The number of rotatable bonds is 6. The average Bonchev–Trinajstić information content (AvgIpc) is 3.22. The third-order valence-corrected chi connectivity index (χ3v) is 7.50. The van der Waals surface area contributed by atoms with Crippen LogP contribution in [-0.2, 0) is 10.2 Å². The number of carbonyl (C=O) groups excluding carboxylic acids is 2. The van der Waals surface area contributed by atoms with E-state index in [2.05, 4.69) is 36.3 Å². The summed E-state index contributed by atoms with van der Waals surface area (Å²) in [5, 5.41) is 6.00. The second kappa shape index (κ2) is 9.73. The average molecular weight is 432 g/mol. The van der Waals surface area contributed by atoms with Crippen LogP contribution in [0.3, 0.4) is 0 Å². The molecule has 0 radical (unpaired) electrons. The largest absolute Gasteiger partial charge is 0.352 e. The molecule has 166 valence electrons. The molecule has 1 heterocycles. The van der Waals surface area contributed by atoms with Gasteiger partial charge in [-0.2, -0.15) is 11.8 Å². The molecule has 1 aliphatic heterocycles. The molecule has 1 aliphatic carbocycles. The fourth-order valence-corrected chi connectivity index (χ4v) is 5.45. The summed E-state index contributed by atoms with van der Waals surface area (Å²) in [5.41, 5.74) is 1.91. The van der Waals surface area contributed by atoms with Crippen LogP contribution in [0.1, 0.15) is 69.3 Å². The molecule has 2 fully saturated rings. The maximum Gasteiger partial charge on any atom is 0.251 e. The van der Waals surface area contributed by atoms with Crippen molar-refractivity contribution in [1.29, 1.82) is 0 Å². The zero-order chi connectivity index (χ0) is 21.8. The molecule has 1 atom stereocenters. The first kappa shape index (κ1) is 23.1. The molecule has 1 aromatic carbocycles. The van der Waals surface area contributed by atoms with E-state index in [0.717, 1.165) is 25.9 Å². The van der Waals surface area contributed by atoms with Gasteiger partial charge in [0.25, 0.3) is 5.91 Å². The third-order valence-electron chi connectivity index (χ3n) is 6.56. The van der Waals surface area contributed by atoms with Crippen molar-refractivity contribution in [3.63, 3.8) is 0 Å². The van der Waals surface area contributed by atoms with Crippen molar-refractivity contribution in [1.82, 2.24) is 15.5 Å². The highest BCUT2D eigenvalue weighted by Crippen LogP contribution is 2.36.